The Morgan fingerprint density at radius 3 is 0.740 bits per heavy atom. The molecule has 0 aliphatic heterocycles. The van der Waals surface area contributed by atoms with Crippen LogP contribution in [0.5, 0.6) is 11.5 Å². The van der Waals surface area contributed by atoms with Gasteiger partial charge in [-0.25, -0.2) is 0 Å². The van der Waals surface area contributed by atoms with Gasteiger partial charge >= 0.3 is 71.3 Å². The van der Waals surface area contributed by atoms with Crippen LogP contribution in [0.3, 0.4) is 0 Å². The molecule has 0 unspecified atom stereocenters. The molecular formula is C41H71Cl4NO2Ti2-2. The average Bonchev–Trinajstić information content (AvgIpc) is 3.29. The van der Waals surface area contributed by atoms with Crippen molar-refractivity contribution in [3.05, 3.63) is 72.5 Å². The van der Waals surface area contributed by atoms with Crippen LogP contribution in [0.4, 0.5) is 0 Å². The van der Waals surface area contributed by atoms with Crippen LogP contribution in [-0.4, -0.2) is 22.2 Å². The van der Waals surface area contributed by atoms with Crippen LogP contribution in [0.25, 0.3) is 0 Å². The van der Waals surface area contributed by atoms with Crippen molar-refractivity contribution >= 4 is 37.2 Å². The molecule has 0 bridgehead atoms. The molecule has 2 fully saturated rings. The Bertz CT molecular complexity index is 992. The van der Waals surface area contributed by atoms with E-state index in [-0.39, 0.29) is 14.9 Å². The third kappa shape index (κ3) is 16.9. The topological polar surface area (TPSA) is 43.7 Å². The van der Waals surface area contributed by atoms with Crippen LogP contribution in [0.2, 0.25) is 0 Å². The first kappa shape index (κ1) is 54.9. The quantitative estimate of drug-likeness (QED) is 0.238. The summed E-state index contributed by atoms with van der Waals surface area (Å²) in [5.74, 6) is 10.1. The molecule has 0 radical (unpaired) electrons. The molecule has 0 spiro atoms. The molecule has 0 aromatic heterocycles. The fourth-order valence-corrected chi connectivity index (χ4v) is 7.74. The van der Waals surface area contributed by atoms with Crippen molar-refractivity contribution in [2.45, 2.75) is 110 Å². The van der Waals surface area contributed by atoms with Crippen LogP contribution in [0.15, 0.2) is 24.3 Å². The molecule has 2 aromatic carbocycles. The monoisotopic (exact) mass is 845 g/mol. The van der Waals surface area contributed by atoms with Crippen molar-refractivity contribution in [2.75, 3.05) is 7.05 Å². The van der Waals surface area contributed by atoms with Crippen LogP contribution in [0, 0.1) is 102 Å². The van der Waals surface area contributed by atoms with E-state index in [1.54, 1.807) is 0 Å². The number of phenolic OH excluding ortho intramolecular Hbond substituents is 2. The Labute approximate surface area is 343 Å². The van der Waals surface area contributed by atoms with E-state index in [0.29, 0.717) is 11.5 Å². The predicted octanol–water partition coefficient (Wildman–Crippen LogP) is 14.0. The van der Waals surface area contributed by atoms with Crippen LogP contribution in [-0.2, 0) is 47.2 Å². The van der Waals surface area contributed by atoms with E-state index in [1.165, 1.54) is 11.1 Å². The molecule has 0 amide bonds. The molecule has 2 saturated carbocycles. The zero-order valence-corrected chi connectivity index (χ0v) is 40.5. The normalized spacial score (nSPS) is 27.7. The van der Waals surface area contributed by atoms with E-state index in [1.807, 2.05) is 52.0 Å². The molecular weight excluding hydrogens is 776 g/mol. The van der Waals surface area contributed by atoms with E-state index in [0.717, 1.165) is 94.5 Å². The first-order valence-corrected chi connectivity index (χ1v) is 26.0. The van der Waals surface area contributed by atoms with Crippen LogP contribution < -0.4 is 0 Å². The second-order valence-corrected chi connectivity index (χ2v) is 20.2. The molecule has 0 saturated heterocycles. The molecule has 2 N–H and O–H groups in total. The molecule has 0 heterocycles. The fraction of sp³-hybridized carbons (Fsp3) is 0.659. The Hall–Kier alpha value is 0.589. The molecule has 9 heteroatoms. The number of aryl methyl sites for hydroxylation is 4. The molecule has 4 rings (SSSR count). The predicted molar refractivity (Wildman–Crippen MR) is 218 cm³/mol. The summed E-state index contributed by atoms with van der Waals surface area (Å²) in [5, 5.41) is 19.7. The number of hydrogen-bond donors (Lipinski definition) is 2. The van der Waals surface area contributed by atoms with Crippen LogP contribution in [0.1, 0.15) is 103 Å². The molecule has 3 nitrogen and oxygen atoms in total. The summed E-state index contributed by atoms with van der Waals surface area (Å²) >= 11 is -1.11. The number of nitrogens with zero attached hydrogens (tertiary/aromatic N) is 1. The van der Waals surface area contributed by atoms with Gasteiger partial charge in [0.25, 0.3) is 0 Å². The van der Waals surface area contributed by atoms with Gasteiger partial charge in [-0.05, 0) is 127 Å². The van der Waals surface area contributed by atoms with E-state index in [9.17, 15) is 10.2 Å². The molecule has 50 heavy (non-hydrogen) atoms. The van der Waals surface area contributed by atoms with Gasteiger partial charge in [0.1, 0.15) is 11.5 Å². The van der Waals surface area contributed by atoms with Gasteiger partial charge in [-0.15, -0.1) is 0 Å². The molecule has 0 atom stereocenters. The Balaban J connectivity index is -0.000000661. The third-order valence-electron chi connectivity index (χ3n) is 12.3. The second kappa shape index (κ2) is 27.2. The summed E-state index contributed by atoms with van der Waals surface area (Å²) in [5.41, 5.74) is 6.06. The number of aromatic hydroxyl groups is 2. The summed E-state index contributed by atoms with van der Waals surface area (Å²) in [6.45, 7) is 33.3. The maximum absolute atomic E-state index is 9.85. The van der Waals surface area contributed by atoms with Gasteiger partial charge in [0.15, 0.2) is 0 Å². The van der Waals surface area contributed by atoms with Crippen molar-refractivity contribution in [2.24, 2.45) is 59.2 Å². The first-order chi connectivity index (χ1) is 22.2. The van der Waals surface area contributed by atoms with Gasteiger partial charge in [0.2, 0.25) is 0 Å². The SMILES string of the molecule is CC1C(C)C(C)C(C)C1C.CC1C(C)C(C)C(C)C1C.Cc1cc(CN(C)Cc2cc(C)c(O)c(C)c2)cc(C)c1O.[CH3-].[CH3-].[Cl][Ti][Cl].[Cl][Ti][Cl]. The molecule has 2 aliphatic rings. The van der Waals surface area contributed by atoms with Gasteiger partial charge < -0.3 is 25.1 Å². The standard InChI is InChI=1S/C19H25NO2.2C10H20.2CH3.4ClH.2Ti/c1-12-6-16(7-13(2)18(12)21)10-20(5)11-17-8-14(3)19(22)15(4)9-17;2*1-6-7(2)9(4)10(5)8(6)3;;;;;;;;/h6-9,21-22H,10-11H2,1-5H3;2*6-10H,1-5H3;2*1H3;4*1H;;/q;;;2*-1;;;;;2*+2/p-4. The first-order valence-electron chi connectivity index (χ1n) is 17.4. The van der Waals surface area contributed by atoms with E-state index < -0.39 is 34.1 Å². The number of phenols is 2. The van der Waals surface area contributed by atoms with Crippen molar-refractivity contribution < 1.29 is 44.3 Å². The zero-order chi connectivity index (χ0) is 37.6. The van der Waals surface area contributed by atoms with Crippen LogP contribution >= 0.6 is 37.2 Å². The summed E-state index contributed by atoms with van der Waals surface area (Å²) in [6, 6.07) is 8.14. The number of halogens is 4. The van der Waals surface area contributed by atoms with Gasteiger partial charge in [-0.1, -0.05) is 93.5 Å². The second-order valence-electron chi connectivity index (χ2n) is 15.1. The van der Waals surface area contributed by atoms with Crippen molar-refractivity contribution in [3.8, 4) is 11.5 Å². The van der Waals surface area contributed by atoms with Gasteiger partial charge in [-0.3, -0.25) is 4.90 Å². The Morgan fingerprint density at radius 2 is 0.600 bits per heavy atom. The van der Waals surface area contributed by atoms with Gasteiger partial charge in [0, 0.05) is 13.1 Å². The zero-order valence-electron chi connectivity index (χ0n) is 34.4. The number of hydrogen-bond acceptors (Lipinski definition) is 3. The molecule has 2 aliphatic carbocycles. The third-order valence-corrected chi connectivity index (χ3v) is 12.3. The maximum atomic E-state index is 9.85. The van der Waals surface area contributed by atoms with E-state index in [2.05, 4.69) is 81.2 Å². The number of rotatable bonds is 4. The van der Waals surface area contributed by atoms with Gasteiger partial charge in [0.05, 0.1) is 0 Å². The van der Waals surface area contributed by atoms with E-state index >= 15 is 0 Å². The minimum absolute atomic E-state index is 0. The summed E-state index contributed by atoms with van der Waals surface area (Å²) < 4.78 is 0. The fourth-order valence-electron chi connectivity index (χ4n) is 7.74. The Kier molecular flexibility index (Phi) is 29.9. The summed E-state index contributed by atoms with van der Waals surface area (Å²) in [7, 11) is 21.6. The van der Waals surface area contributed by atoms with E-state index in [4.69, 9.17) is 37.2 Å². The Morgan fingerprint density at radius 1 is 0.460 bits per heavy atom. The van der Waals surface area contributed by atoms with Crippen molar-refractivity contribution in [1.29, 1.82) is 0 Å². The number of benzene rings is 2. The summed E-state index contributed by atoms with van der Waals surface area (Å²) in [4.78, 5) is 2.23. The minimum atomic E-state index is -0.556. The van der Waals surface area contributed by atoms with Gasteiger partial charge in [-0.2, -0.15) is 0 Å². The molecule has 290 valence electrons. The molecule has 2 aromatic rings. The summed E-state index contributed by atoms with van der Waals surface area (Å²) in [6.07, 6.45) is 0. The van der Waals surface area contributed by atoms with Crippen molar-refractivity contribution in [1.82, 2.24) is 4.90 Å². The van der Waals surface area contributed by atoms with Crippen molar-refractivity contribution in [3.63, 3.8) is 0 Å². The average molecular weight is 848 g/mol.